The largest absolute Gasteiger partial charge is 0.345 e. The minimum atomic E-state index is -0.288. The predicted octanol–water partition coefficient (Wildman–Crippen LogP) is 3.51. The first-order valence-corrected chi connectivity index (χ1v) is 8.04. The van der Waals surface area contributed by atoms with Gasteiger partial charge in [0, 0.05) is 23.1 Å². The van der Waals surface area contributed by atoms with Crippen molar-refractivity contribution in [2.45, 2.75) is 13.5 Å². The number of hydrogen-bond acceptors (Lipinski definition) is 5. The van der Waals surface area contributed by atoms with Gasteiger partial charge in [0.25, 0.3) is 5.91 Å². The lowest BCUT2D eigenvalue weighted by Gasteiger charge is -2.09. The summed E-state index contributed by atoms with van der Waals surface area (Å²) in [7, 11) is 0. The van der Waals surface area contributed by atoms with Gasteiger partial charge >= 0.3 is 0 Å². The molecule has 0 atom stereocenters. The van der Waals surface area contributed by atoms with Crippen molar-refractivity contribution in [3.8, 4) is 0 Å². The molecule has 0 radical (unpaired) electrons. The zero-order chi connectivity index (χ0) is 17.6. The van der Waals surface area contributed by atoms with Gasteiger partial charge in [0.15, 0.2) is 0 Å². The van der Waals surface area contributed by atoms with Gasteiger partial charge in [-0.25, -0.2) is 9.97 Å². The van der Waals surface area contributed by atoms with Crippen LogP contribution in [0.3, 0.4) is 0 Å². The van der Waals surface area contributed by atoms with Crippen LogP contribution in [0, 0.1) is 6.92 Å². The molecule has 0 saturated heterocycles. The van der Waals surface area contributed by atoms with Gasteiger partial charge in [0.2, 0.25) is 5.95 Å². The molecule has 0 aliphatic carbocycles. The Morgan fingerprint density at radius 2 is 2.00 bits per heavy atom. The molecule has 2 heterocycles. The fourth-order valence-corrected chi connectivity index (χ4v) is 2.42. The number of benzene rings is 1. The summed E-state index contributed by atoms with van der Waals surface area (Å²) in [4.78, 5) is 24.8. The second kappa shape index (κ2) is 7.72. The van der Waals surface area contributed by atoms with Crippen LogP contribution < -0.4 is 10.6 Å². The first-order chi connectivity index (χ1) is 12.1. The first-order valence-electron chi connectivity index (χ1n) is 7.66. The molecule has 1 amide bonds. The molecule has 6 nitrogen and oxygen atoms in total. The van der Waals surface area contributed by atoms with Crippen LogP contribution in [0.2, 0.25) is 5.02 Å². The summed E-state index contributed by atoms with van der Waals surface area (Å²) in [6.07, 6.45) is 3.22. The van der Waals surface area contributed by atoms with E-state index in [1.165, 1.54) is 6.20 Å². The van der Waals surface area contributed by atoms with Crippen LogP contribution in [0.5, 0.6) is 0 Å². The van der Waals surface area contributed by atoms with E-state index < -0.39 is 0 Å². The zero-order valence-electron chi connectivity index (χ0n) is 13.5. The van der Waals surface area contributed by atoms with E-state index in [0.29, 0.717) is 17.5 Å². The molecule has 0 saturated carbocycles. The van der Waals surface area contributed by atoms with Gasteiger partial charge in [-0.1, -0.05) is 17.7 Å². The molecule has 0 aliphatic heterocycles. The Morgan fingerprint density at radius 1 is 1.12 bits per heavy atom. The third-order valence-corrected chi connectivity index (χ3v) is 3.71. The summed E-state index contributed by atoms with van der Waals surface area (Å²) in [6.45, 7) is 2.26. The van der Waals surface area contributed by atoms with Gasteiger partial charge in [0.05, 0.1) is 12.2 Å². The number of pyridine rings is 1. The van der Waals surface area contributed by atoms with Crippen LogP contribution in [0.4, 0.5) is 11.6 Å². The topological polar surface area (TPSA) is 79.8 Å². The first kappa shape index (κ1) is 16.9. The Morgan fingerprint density at radius 3 is 2.76 bits per heavy atom. The Bertz CT molecular complexity index is 886. The van der Waals surface area contributed by atoms with Gasteiger partial charge in [-0.05, 0) is 48.9 Å². The molecule has 0 bridgehead atoms. The van der Waals surface area contributed by atoms with E-state index in [1.54, 1.807) is 18.3 Å². The highest BCUT2D eigenvalue weighted by Gasteiger charge is 2.10. The molecule has 0 spiro atoms. The predicted molar refractivity (Wildman–Crippen MR) is 96.9 cm³/mol. The number of aryl methyl sites for hydroxylation is 1. The number of aromatic nitrogens is 3. The summed E-state index contributed by atoms with van der Waals surface area (Å²) < 4.78 is 0. The Hall–Kier alpha value is -2.99. The summed E-state index contributed by atoms with van der Waals surface area (Å²) >= 11 is 5.95. The fourth-order valence-electron chi connectivity index (χ4n) is 2.20. The number of nitrogens with one attached hydrogen (secondary N) is 2. The molecule has 2 aromatic heterocycles. The number of rotatable bonds is 5. The number of hydrogen-bond donors (Lipinski definition) is 2. The van der Waals surface area contributed by atoms with Crippen molar-refractivity contribution in [2.24, 2.45) is 0 Å². The molecule has 7 heteroatoms. The van der Waals surface area contributed by atoms with Gasteiger partial charge in [0.1, 0.15) is 5.69 Å². The summed E-state index contributed by atoms with van der Waals surface area (Å²) in [5.74, 6) is 0.0554. The van der Waals surface area contributed by atoms with Gasteiger partial charge in [-0.2, -0.15) is 0 Å². The summed E-state index contributed by atoms with van der Waals surface area (Å²) in [5, 5.41) is 6.54. The van der Waals surface area contributed by atoms with E-state index in [-0.39, 0.29) is 11.6 Å². The van der Waals surface area contributed by atoms with Crippen LogP contribution in [0.25, 0.3) is 0 Å². The average Bonchev–Trinajstić information content (AvgIpc) is 2.63. The molecule has 25 heavy (non-hydrogen) atoms. The molecule has 0 fully saturated rings. The number of carbonyl (C=O) groups is 1. The van der Waals surface area contributed by atoms with E-state index in [9.17, 15) is 4.79 Å². The van der Waals surface area contributed by atoms with Crippen molar-refractivity contribution in [3.63, 3.8) is 0 Å². The number of anilines is 2. The maximum atomic E-state index is 12.3. The summed E-state index contributed by atoms with van der Waals surface area (Å²) in [5.41, 5.74) is 2.84. The molecule has 0 aliphatic rings. The SMILES string of the molecule is Cc1cc(Cl)ccc1Nc1nccc(C(=O)NCc2ccccn2)n1. The van der Waals surface area contributed by atoms with Crippen LogP contribution in [0.15, 0.2) is 54.9 Å². The maximum Gasteiger partial charge on any atom is 0.270 e. The van der Waals surface area contributed by atoms with Crippen molar-refractivity contribution < 1.29 is 4.79 Å². The normalized spacial score (nSPS) is 10.3. The monoisotopic (exact) mass is 353 g/mol. The Labute approximate surface area is 150 Å². The van der Waals surface area contributed by atoms with Crippen LogP contribution in [0.1, 0.15) is 21.7 Å². The van der Waals surface area contributed by atoms with E-state index >= 15 is 0 Å². The average molecular weight is 354 g/mol. The lowest BCUT2D eigenvalue weighted by molar-refractivity contribution is 0.0945. The lowest BCUT2D eigenvalue weighted by atomic mass is 10.2. The number of halogens is 1. The molecule has 3 rings (SSSR count). The fraction of sp³-hybridized carbons (Fsp3) is 0.111. The van der Waals surface area contributed by atoms with E-state index in [1.807, 2.05) is 37.3 Å². The third kappa shape index (κ3) is 4.51. The minimum absolute atomic E-state index is 0.278. The van der Waals surface area contributed by atoms with Crippen molar-refractivity contribution >= 4 is 29.1 Å². The minimum Gasteiger partial charge on any atom is -0.345 e. The smallest absolute Gasteiger partial charge is 0.270 e. The van der Waals surface area contributed by atoms with E-state index in [0.717, 1.165) is 16.9 Å². The second-order valence-electron chi connectivity index (χ2n) is 5.35. The van der Waals surface area contributed by atoms with E-state index in [2.05, 4.69) is 25.6 Å². The highest BCUT2D eigenvalue weighted by molar-refractivity contribution is 6.30. The van der Waals surface area contributed by atoms with Crippen LogP contribution in [-0.4, -0.2) is 20.9 Å². The maximum absolute atomic E-state index is 12.3. The van der Waals surface area contributed by atoms with Crippen LogP contribution in [-0.2, 0) is 6.54 Å². The molecule has 1 aromatic carbocycles. The second-order valence-corrected chi connectivity index (χ2v) is 5.79. The number of carbonyl (C=O) groups excluding carboxylic acids is 1. The third-order valence-electron chi connectivity index (χ3n) is 3.48. The highest BCUT2D eigenvalue weighted by Crippen LogP contribution is 2.21. The molecular weight excluding hydrogens is 338 g/mol. The highest BCUT2D eigenvalue weighted by atomic mass is 35.5. The van der Waals surface area contributed by atoms with Crippen molar-refractivity contribution in [3.05, 3.63) is 76.8 Å². The Kier molecular flexibility index (Phi) is 5.20. The van der Waals surface area contributed by atoms with Crippen molar-refractivity contribution in [1.82, 2.24) is 20.3 Å². The molecule has 3 aromatic rings. The lowest BCUT2D eigenvalue weighted by Crippen LogP contribution is -2.24. The van der Waals surface area contributed by atoms with Gasteiger partial charge in [-0.15, -0.1) is 0 Å². The number of nitrogens with zero attached hydrogens (tertiary/aromatic N) is 3. The Balaban J connectivity index is 1.69. The molecule has 2 N–H and O–H groups in total. The standard InChI is InChI=1S/C18H16ClN5O/c1-12-10-13(19)5-6-15(12)23-18-21-9-7-16(24-18)17(25)22-11-14-4-2-3-8-20-14/h2-10H,11H2,1H3,(H,22,25)(H,21,23,24). The molecule has 126 valence electrons. The zero-order valence-corrected chi connectivity index (χ0v) is 14.3. The molecule has 0 unspecified atom stereocenters. The van der Waals surface area contributed by atoms with Crippen LogP contribution >= 0.6 is 11.6 Å². The van der Waals surface area contributed by atoms with E-state index in [4.69, 9.17) is 11.6 Å². The van der Waals surface area contributed by atoms with Crippen molar-refractivity contribution in [2.75, 3.05) is 5.32 Å². The van der Waals surface area contributed by atoms with Crippen molar-refractivity contribution in [1.29, 1.82) is 0 Å². The quantitative estimate of drug-likeness (QED) is 0.733. The number of amides is 1. The van der Waals surface area contributed by atoms with Gasteiger partial charge < -0.3 is 10.6 Å². The van der Waals surface area contributed by atoms with Gasteiger partial charge in [-0.3, -0.25) is 9.78 Å². The summed E-state index contributed by atoms with van der Waals surface area (Å²) in [6, 6.07) is 12.6. The molecular formula is C18H16ClN5O.